The van der Waals surface area contributed by atoms with Gasteiger partial charge in [0.2, 0.25) is 0 Å². The summed E-state index contributed by atoms with van der Waals surface area (Å²) in [5.41, 5.74) is -5.45. The number of anilines is 1. The molecule has 0 bridgehead atoms. The molecule has 0 spiro atoms. The van der Waals surface area contributed by atoms with E-state index in [1.54, 1.807) is 24.0 Å². The lowest BCUT2D eigenvalue weighted by molar-refractivity contribution is -0.0526. The van der Waals surface area contributed by atoms with Crippen LogP contribution in [0, 0.1) is 5.92 Å². The Morgan fingerprint density at radius 1 is 1.45 bits per heavy atom. The molecular formula is C12H12ClF3N2O3S. The summed E-state index contributed by atoms with van der Waals surface area (Å²) in [6.45, 7) is 1.93. The van der Waals surface area contributed by atoms with Crippen LogP contribution in [0.1, 0.15) is 6.92 Å². The average Bonchev–Trinajstić information content (AvgIpc) is 2.40. The smallest absolute Gasteiger partial charge is 0.380 e. The maximum atomic E-state index is 12.3. The number of alkyl halides is 3. The number of hydrogen-bond donors (Lipinski definition) is 0. The first kappa shape index (κ1) is 16.9. The van der Waals surface area contributed by atoms with E-state index in [9.17, 15) is 21.6 Å². The third-order valence-electron chi connectivity index (χ3n) is 3.02. The zero-order valence-corrected chi connectivity index (χ0v) is 12.9. The quantitative estimate of drug-likeness (QED) is 0.615. The van der Waals surface area contributed by atoms with Crippen molar-refractivity contribution in [2.45, 2.75) is 12.4 Å². The van der Waals surface area contributed by atoms with Crippen LogP contribution in [0.5, 0.6) is 0 Å². The normalized spacial score (nSPS) is 19.8. The van der Waals surface area contributed by atoms with Crippen molar-refractivity contribution < 1.29 is 25.8 Å². The van der Waals surface area contributed by atoms with Gasteiger partial charge < -0.3 is 9.08 Å². The molecule has 0 unspecified atom stereocenters. The van der Waals surface area contributed by atoms with Crippen LogP contribution < -0.4 is 4.90 Å². The summed E-state index contributed by atoms with van der Waals surface area (Å²) < 4.78 is 63.3. The number of aromatic nitrogens is 1. The van der Waals surface area contributed by atoms with E-state index in [0.29, 0.717) is 10.8 Å². The largest absolute Gasteiger partial charge is 0.534 e. The van der Waals surface area contributed by atoms with Gasteiger partial charge in [0.05, 0.1) is 5.02 Å². The third kappa shape index (κ3) is 3.46. The Bertz CT molecular complexity index is 691. The second kappa shape index (κ2) is 5.96. The van der Waals surface area contributed by atoms with Gasteiger partial charge >= 0.3 is 15.6 Å². The Morgan fingerprint density at radius 3 is 2.68 bits per heavy atom. The lowest BCUT2D eigenvalue weighted by Gasteiger charge is -2.31. The molecule has 5 nitrogen and oxygen atoms in total. The molecule has 10 heteroatoms. The first-order valence-corrected chi connectivity index (χ1v) is 7.96. The minimum Gasteiger partial charge on any atom is -0.380 e. The third-order valence-corrected chi connectivity index (χ3v) is 4.29. The van der Waals surface area contributed by atoms with Crippen LogP contribution >= 0.6 is 11.6 Å². The van der Waals surface area contributed by atoms with Gasteiger partial charge in [-0.3, -0.25) is 0 Å². The van der Waals surface area contributed by atoms with E-state index in [-0.39, 0.29) is 18.8 Å². The molecule has 2 heterocycles. The van der Waals surface area contributed by atoms with E-state index in [2.05, 4.69) is 9.17 Å². The molecule has 0 aromatic carbocycles. The van der Waals surface area contributed by atoms with Gasteiger partial charge in [0, 0.05) is 25.2 Å². The number of rotatable bonds is 3. The Labute approximate surface area is 130 Å². The number of pyridine rings is 1. The van der Waals surface area contributed by atoms with Crippen LogP contribution in [-0.2, 0) is 14.3 Å². The fraction of sp³-hybridized carbons (Fsp3) is 0.417. The highest BCUT2D eigenvalue weighted by molar-refractivity contribution is 7.87. The molecule has 0 amide bonds. The van der Waals surface area contributed by atoms with Crippen molar-refractivity contribution in [2.24, 2.45) is 5.92 Å². The van der Waals surface area contributed by atoms with Crippen molar-refractivity contribution in [1.29, 1.82) is 0 Å². The van der Waals surface area contributed by atoms with E-state index in [4.69, 9.17) is 11.6 Å². The van der Waals surface area contributed by atoms with E-state index in [1.807, 2.05) is 0 Å². The molecule has 0 radical (unpaired) electrons. The van der Waals surface area contributed by atoms with E-state index < -0.39 is 21.5 Å². The van der Waals surface area contributed by atoms with Crippen LogP contribution in [0.4, 0.5) is 19.0 Å². The van der Waals surface area contributed by atoms with E-state index in [1.165, 1.54) is 12.3 Å². The van der Waals surface area contributed by atoms with Crippen molar-refractivity contribution in [1.82, 2.24) is 4.98 Å². The molecule has 2 rings (SSSR count). The number of hydrogen-bond acceptors (Lipinski definition) is 5. The summed E-state index contributed by atoms with van der Waals surface area (Å²) in [6.07, 6.45) is 2.82. The monoisotopic (exact) mass is 356 g/mol. The fourth-order valence-corrected chi connectivity index (χ4v) is 2.79. The topological polar surface area (TPSA) is 59.5 Å². The summed E-state index contributed by atoms with van der Waals surface area (Å²) in [4.78, 5) is 5.82. The van der Waals surface area contributed by atoms with Gasteiger partial charge in [-0.25, -0.2) is 4.98 Å². The summed E-state index contributed by atoms with van der Waals surface area (Å²) in [6, 6.07) is 3.29. The van der Waals surface area contributed by atoms with Gasteiger partial charge in [0.15, 0.2) is 0 Å². The second-order valence-corrected chi connectivity index (χ2v) is 6.65. The minimum atomic E-state index is -5.65. The Morgan fingerprint density at radius 2 is 2.14 bits per heavy atom. The van der Waals surface area contributed by atoms with Crippen molar-refractivity contribution in [3.8, 4) is 0 Å². The Balaban J connectivity index is 2.18. The SMILES string of the molecule is C[C@H]1CN(c2ncccc2Cl)CC=C1OS(=O)(=O)C(F)(F)F. The zero-order chi connectivity index (χ0) is 16.5. The highest BCUT2D eigenvalue weighted by Gasteiger charge is 2.49. The molecule has 1 aromatic rings. The molecule has 1 atom stereocenters. The van der Waals surface area contributed by atoms with Crippen molar-refractivity contribution in [3.63, 3.8) is 0 Å². The molecule has 0 fully saturated rings. The van der Waals surface area contributed by atoms with Crippen molar-refractivity contribution in [2.75, 3.05) is 18.0 Å². The maximum Gasteiger partial charge on any atom is 0.534 e. The van der Waals surface area contributed by atoms with Gasteiger partial charge in [0.25, 0.3) is 0 Å². The van der Waals surface area contributed by atoms with Crippen LogP contribution in [0.15, 0.2) is 30.2 Å². The number of halogens is 4. The molecule has 1 aliphatic heterocycles. The van der Waals surface area contributed by atoms with Crippen LogP contribution in [-0.4, -0.2) is 32.0 Å². The highest BCUT2D eigenvalue weighted by Crippen LogP contribution is 2.32. The number of nitrogens with zero attached hydrogens (tertiary/aromatic N) is 2. The standard InChI is InChI=1S/C12H12ClF3N2O3S/c1-8-7-18(11-9(13)3-2-5-17-11)6-4-10(8)21-22(19,20)12(14,15)16/h2-5,8H,6-7H2,1H3/t8-/m0/s1. The lowest BCUT2D eigenvalue weighted by Crippen LogP contribution is -2.36. The molecule has 1 aromatic heterocycles. The van der Waals surface area contributed by atoms with E-state index >= 15 is 0 Å². The van der Waals surface area contributed by atoms with Crippen molar-refractivity contribution >= 4 is 27.5 Å². The van der Waals surface area contributed by atoms with Crippen LogP contribution in [0.2, 0.25) is 5.02 Å². The van der Waals surface area contributed by atoms with Gasteiger partial charge in [0.1, 0.15) is 11.6 Å². The molecule has 0 aliphatic carbocycles. The summed E-state index contributed by atoms with van der Waals surface area (Å²) in [5.74, 6) is -0.324. The van der Waals surface area contributed by atoms with Crippen molar-refractivity contribution in [3.05, 3.63) is 35.2 Å². The first-order valence-electron chi connectivity index (χ1n) is 6.18. The maximum absolute atomic E-state index is 12.3. The van der Waals surface area contributed by atoms with Gasteiger partial charge in [-0.15, -0.1) is 0 Å². The predicted octanol–water partition coefficient (Wildman–Crippen LogP) is 2.94. The predicted molar refractivity (Wildman–Crippen MR) is 74.8 cm³/mol. The molecule has 0 N–H and O–H groups in total. The van der Waals surface area contributed by atoms with Gasteiger partial charge in [-0.1, -0.05) is 18.5 Å². The molecule has 122 valence electrons. The molecular weight excluding hydrogens is 345 g/mol. The Kier molecular flexibility index (Phi) is 4.57. The van der Waals surface area contributed by atoms with Gasteiger partial charge in [-0.2, -0.15) is 21.6 Å². The zero-order valence-electron chi connectivity index (χ0n) is 11.3. The van der Waals surface area contributed by atoms with E-state index in [0.717, 1.165) is 0 Å². The fourth-order valence-electron chi connectivity index (χ4n) is 1.97. The average molecular weight is 357 g/mol. The van der Waals surface area contributed by atoms with Crippen LogP contribution in [0.25, 0.3) is 0 Å². The first-order chi connectivity index (χ1) is 10.1. The highest BCUT2D eigenvalue weighted by atomic mass is 35.5. The molecule has 0 saturated carbocycles. The molecule has 22 heavy (non-hydrogen) atoms. The molecule has 0 saturated heterocycles. The van der Waals surface area contributed by atoms with Gasteiger partial charge in [-0.05, 0) is 18.2 Å². The summed E-state index contributed by atoms with van der Waals surface area (Å²) in [5, 5.41) is 0.399. The summed E-state index contributed by atoms with van der Waals surface area (Å²) in [7, 11) is -5.65. The molecule has 1 aliphatic rings. The minimum absolute atomic E-state index is 0.143. The summed E-state index contributed by atoms with van der Waals surface area (Å²) >= 11 is 6.01. The van der Waals surface area contributed by atoms with Crippen LogP contribution in [0.3, 0.4) is 0 Å². The Hall–Kier alpha value is -1.48. The second-order valence-electron chi connectivity index (χ2n) is 4.70. The lowest BCUT2D eigenvalue weighted by atomic mass is 10.1.